The number of aromatic nitrogens is 2. The van der Waals surface area contributed by atoms with Crippen molar-refractivity contribution in [2.45, 2.75) is 12.3 Å². The summed E-state index contributed by atoms with van der Waals surface area (Å²) in [6.07, 6.45) is 2.04. The van der Waals surface area contributed by atoms with Crippen molar-refractivity contribution >= 4 is 11.7 Å². The number of fused-ring (bicyclic) bond motifs is 1. The Hall–Kier alpha value is -3.48. The number of amides is 1. The van der Waals surface area contributed by atoms with Gasteiger partial charge in [0.05, 0.1) is 32.7 Å². The Kier molecular flexibility index (Phi) is 4.65. The largest absolute Gasteiger partial charge is 0.497 e. The van der Waals surface area contributed by atoms with Gasteiger partial charge in [-0.05, 0) is 29.8 Å². The molecule has 7 nitrogen and oxygen atoms in total. The van der Waals surface area contributed by atoms with Gasteiger partial charge in [0.2, 0.25) is 5.91 Å². The van der Waals surface area contributed by atoms with Crippen LogP contribution < -0.4 is 19.5 Å². The summed E-state index contributed by atoms with van der Waals surface area (Å²) in [4.78, 5) is 17.1. The number of carbonyl (C=O) groups is 1. The van der Waals surface area contributed by atoms with Crippen LogP contribution >= 0.6 is 0 Å². The number of nitrogens with one attached hydrogen (secondary N) is 1. The van der Waals surface area contributed by atoms with Gasteiger partial charge in [-0.15, -0.1) is 0 Å². The third-order valence-corrected chi connectivity index (χ3v) is 4.94. The lowest BCUT2D eigenvalue weighted by Gasteiger charge is -2.24. The van der Waals surface area contributed by atoms with Gasteiger partial charge in [-0.3, -0.25) is 9.36 Å². The maximum absolute atomic E-state index is 12.5. The molecule has 0 radical (unpaired) electrons. The normalized spacial score (nSPS) is 15.5. The fraction of sp³-hybridized carbons (Fsp3) is 0.238. The third-order valence-electron chi connectivity index (χ3n) is 4.94. The summed E-state index contributed by atoms with van der Waals surface area (Å²) in [5.41, 5.74) is 2.57. The van der Waals surface area contributed by atoms with Crippen molar-refractivity contribution in [3.63, 3.8) is 0 Å². The minimum atomic E-state index is -0.132. The van der Waals surface area contributed by atoms with Gasteiger partial charge in [0.25, 0.3) is 0 Å². The summed E-state index contributed by atoms with van der Waals surface area (Å²) in [6.45, 7) is 0. The summed E-state index contributed by atoms with van der Waals surface area (Å²) in [7, 11) is 4.84. The minimum Gasteiger partial charge on any atom is -0.497 e. The Morgan fingerprint density at radius 3 is 2.39 bits per heavy atom. The number of imidazole rings is 1. The molecule has 0 unspecified atom stereocenters. The quantitative estimate of drug-likeness (QED) is 0.736. The number of carbonyl (C=O) groups excluding carboxylic acids is 1. The molecule has 2 aromatic carbocycles. The molecule has 4 rings (SSSR count). The Balaban J connectivity index is 1.81. The third kappa shape index (κ3) is 3.05. The second-order valence-corrected chi connectivity index (χ2v) is 6.46. The molecule has 2 heterocycles. The van der Waals surface area contributed by atoms with Crippen molar-refractivity contribution in [3.05, 3.63) is 60.0 Å². The zero-order chi connectivity index (χ0) is 19.7. The highest BCUT2D eigenvalue weighted by molar-refractivity contribution is 5.94. The van der Waals surface area contributed by atoms with Crippen molar-refractivity contribution in [2.75, 3.05) is 26.6 Å². The smallest absolute Gasteiger partial charge is 0.226 e. The fourth-order valence-corrected chi connectivity index (χ4v) is 3.49. The van der Waals surface area contributed by atoms with Crippen molar-refractivity contribution in [2.24, 2.45) is 0 Å². The van der Waals surface area contributed by atoms with E-state index >= 15 is 0 Å². The first-order chi connectivity index (χ1) is 13.6. The zero-order valence-corrected chi connectivity index (χ0v) is 15.9. The molecule has 28 heavy (non-hydrogen) atoms. The number of hydrogen-bond donors (Lipinski definition) is 1. The highest BCUT2D eigenvalue weighted by atomic mass is 16.5. The molecule has 1 N–H and O–H groups in total. The fourth-order valence-electron chi connectivity index (χ4n) is 3.49. The summed E-state index contributed by atoms with van der Waals surface area (Å²) in [5, 5.41) is 2.96. The molecule has 1 amide bonds. The predicted octanol–water partition coefficient (Wildman–Crippen LogP) is 3.37. The van der Waals surface area contributed by atoms with Crippen LogP contribution in [0.3, 0.4) is 0 Å². The molecule has 1 aromatic heterocycles. The number of hydrogen-bond acceptors (Lipinski definition) is 5. The van der Waals surface area contributed by atoms with E-state index < -0.39 is 0 Å². The molecule has 1 atom stereocenters. The molecule has 0 aliphatic carbocycles. The van der Waals surface area contributed by atoms with E-state index in [0.717, 1.165) is 22.7 Å². The molecule has 0 bridgehead atoms. The number of nitrogens with zero attached hydrogens (tertiary/aromatic N) is 2. The van der Waals surface area contributed by atoms with Crippen LogP contribution in [0.4, 0.5) is 5.82 Å². The Labute approximate surface area is 162 Å². The summed E-state index contributed by atoms with van der Waals surface area (Å²) >= 11 is 0. The SMILES string of the molecule is COc1ccc([C@H]2CC(=O)Nc3c2ncn3-c2cc(OC)ccc2OC)cc1. The molecule has 0 fully saturated rings. The molecular formula is C21H21N3O4. The van der Waals surface area contributed by atoms with Crippen molar-refractivity contribution < 1.29 is 19.0 Å². The van der Waals surface area contributed by atoms with E-state index in [0.29, 0.717) is 23.7 Å². The van der Waals surface area contributed by atoms with Gasteiger partial charge >= 0.3 is 0 Å². The first kappa shape index (κ1) is 17.9. The van der Waals surface area contributed by atoms with E-state index in [1.165, 1.54) is 0 Å². The molecule has 1 aliphatic heterocycles. The number of methoxy groups -OCH3 is 3. The van der Waals surface area contributed by atoms with E-state index in [9.17, 15) is 4.79 Å². The van der Waals surface area contributed by atoms with E-state index in [4.69, 9.17) is 14.2 Å². The predicted molar refractivity (Wildman–Crippen MR) is 105 cm³/mol. The van der Waals surface area contributed by atoms with Gasteiger partial charge in [-0.25, -0.2) is 4.98 Å². The second-order valence-electron chi connectivity index (χ2n) is 6.46. The molecule has 3 aromatic rings. The van der Waals surface area contributed by atoms with Crippen LogP contribution in [0.1, 0.15) is 23.6 Å². The Morgan fingerprint density at radius 2 is 1.71 bits per heavy atom. The first-order valence-electron chi connectivity index (χ1n) is 8.88. The molecule has 0 saturated heterocycles. The van der Waals surface area contributed by atoms with Crippen LogP contribution in [-0.2, 0) is 4.79 Å². The standard InChI is InChI=1S/C21H21N3O4/c1-26-14-6-4-13(5-7-14)16-11-19(25)23-21-20(16)22-12-24(21)17-10-15(27-2)8-9-18(17)28-3/h4-10,12,16H,11H2,1-3H3,(H,23,25)/t16-/m1/s1. The van der Waals surface area contributed by atoms with Crippen molar-refractivity contribution in [1.82, 2.24) is 9.55 Å². The van der Waals surface area contributed by atoms with Gasteiger partial charge in [-0.1, -0.05) is 12.1 Å². The molecule has 7 heteroatoms. The Morgan fingerprint density at radius 1 is 1.00 bits per heavy atom. The monoisotopic (exact) mass is 379 g/mol. The van der Waals surface area contributed by atoms with Gasteiger partial charge in [0, 0.05) is 18.4 Å². The molecule has 144 valence electrons. The lowest BCUT2D eigenvalue weighted by Crippen LogP contribution is -2.25. The number of anilines is 1. The van der Waals surface area contributed by atoms with E-state index in [-0.39, 0.29) is 11.8 Å². The first-order valence-corrected chi connectivity index (χ1v) is 8.88. The van der Waals surface area contributed by atoms with Crippen LogP contribution in [0, 0.1) is 0 Å². The Bertz CT molecular complexity index is 1010. The van der Waals surface area contributed by atoms with E-state index in [2.05, 4.69) is 10.3 Å². The highest BCUT2D eigenvalue weighted by Crippen LogP contribution is 2.39. The maximum Gasteiger partial charge on any atom is 0.226 e. The van der Waals surface area contributed by atoms with E-state index in [1.54, 1.807) is 27.7 Å². The zero-order valence-electron chi connectivity index (χ0n) is 15.9. The highest BCUT2D eigenvalue weighted by Gasteiger charge is 2.31. The maximum atomic E-state index is 12.5. The van der Waals surface area contributed by atoms with Crippen LogP contribution in [-0.4, -0.2) is 36.8 Å². The average molecular weight is 379 g/mol. The van der Waals surface area contributed by atoms with Gasteiger partial charge in [0.1, 0.15) is 29.4 Å². The van der Waals surface area contributed by atoms with Crippen LogP contribution in [0.5, 0.6) is 17.2 Å². The number of rotatable bonds is 5. The van der Waals surface area contributed by atoms with E-state index in [1.807, 2.05) is 47.0 Å². The molecule has 0 saturated carbocycles. The second kappa shape index (κ2) is 7.26. The van der Waals surface area contributed by atoms with Crippen molar-refractivity contribution in [3.8, 4) is 22.9 Å². The van der Waals surface area contributed by atoms with Crippen LogP contribution in [0.25, 0.3) is 5.69 Å². The number of benzene rings is 2. The molecule has 1 aliphatic rings. The van der Waals surface area contributed by atoms with Gasteiger partial charge in [0.15, 0.2) is 0 Å². The van der Waals surface area contributed by atoms with Crippen molar-refractivity contribution in [1.29, 1.82) is 0 Å². The van der Waals surface area contributed by atoms with Crippen LogP contribution in [0.2, 0.25) is 0 Å². The average Bonchev–Trinajstić information content (AvgIpc) is 3.16. The number of ether oxygens (including phenoxy) is 3. The van der Waals surface area contributed by atoms with Crippen LogP contribution in [0.15, 0.2) is 48.8 Å². The van der Waals surface area contributed by atoms with Gasteiger partial charge < -0.3 is 19.5 Å². The van der Waals surface area contributed by atoms with Gasteiger partial charge in [-0.2, -0.15) is 0 Å². The molecule has 0 spiro atoms. The summed E-state index contributed by atoms with van der Waals surface area (Å²) in [6, 6.07) is 13.2. The minimum absolute atomic E-state index is 0.0584. The summed E-state index contributed by atoms with van der Waals surface area (Å²) < 4.78 is 17.9. The molecular weight excluding hydrogens is 358 g/mol. The topological polar surface area (TPSA) is 74.6 Å². The lowest BCUT2D eigenvalue weighted by molar-refractivity contribution is -0.116. The lowest BCUT2D eigenvalue weighted by atomic mass is 9.90. The summed E-state index contributed by atoms with van der Waals surface area (Å²) in [5.74, 6) is 2.57.